The van der Waals surface area contributed by atoms with Crippen LogP contribution in [0, 0.1) is 12.8 Å². The summed E-state index contributed by atoms with van der Waals surface area (Å²) in [6, 6.07) is 10.8. The Labute approximate surface area is 172 Å². The van der Waals surface area contributed by atoms with Gasteiger partial charge in [0.05, 0.1) is 0 Å². The van der Waals surface area contributed by atoms with E-state index in [9.17, 15) is 9.59 Å². The van der Waals surface area contributed by atoms with E-state index in [0.29, 0.717) is 24.2 Å². The minimum absolute atomic E-state index is 0.0122. The maximum atomic E-state index is 12.9. The number of aromatic amines is 1. The standard InChI is InChI=1S/C23H30N4O2/c1-16-13-22(25-24-16)23(29)27(21-7-8-21)15-20-5-3-18(4-6-20)14-19-9-11-26(12-10-19)17(2)28/h3-6,13,19,21H,7-12,14-15H2,1-2H3,(H,24,25). The van der Waals surface area contributed by atoms with Crippen molar-refractivity contribution in [3.05, 3.63) is 52.8 Å². The molecule has 1 aromatic carbocycles. The molecule has 29 heavy (non-hydrogen) atoms. The Morgan fingerprint density at radius 2 is 1.76 bits per heavy atom. The smallest absolute Gasteiger partial charge is 0.274 e. The van der Waals surface area contributed by atoms with Crippen LogP contribution in [0.15, 0.2) is 30.3 Å². The van der Waals surface area contributed by atoms with E-state index < -0.39 is 0 Å². The first-order valence-corrected chi connectivity index (χ1v) is 10.7. The highest BCUT2D eigenvalue weighted by Gasteiger charge is 2.34. The molecule has 6 heteroatoms. The maximum absolute atomic E-state index is 12.9. The van der Waals surface area contributed by atoms with E-state index in [0.717, 1.165) is 56.5 Å². The molecule has 2 aliphatic rings. The minimum atomic E-state index is 0.0122. The molecule has 4 rings (SSSR count). The van der Waals surface area contributed by atoms with E-state index in [1.54, 1.807) is 6.92 Å². The van der Waals surface area contributed by atoms with Crippen molar-refractivity contribution in [1.82, 2.24) is 20.0 Å². The molecule has 154 valence electrons. The van der Waals surface area contributed by atoms with Crippen molar-refractivity contribution in [2.24, 2.45) is 5.92 Å². The Balaban J connectivity index is 1.35. The fourth-order valence-corrected chi connectivity index (χ4v) is 4.19. The van der Waals surface area contributed by atoms with Crippen LogP contribution < -0.4 is 0 Å². The van der Waals surface area contributed by atoms with Crippen LogP contribution in [0.25, 0.3) is 0 Å². The summed E-state index contributed by atoms with van der Waals surface area (Å²) in [7, 11) is 0. The van der Waals surface area contributed by atoms with E-state index in [1.807, 2.05) is 22.8 Å². The van der Waals surface area contributed by atoms with E-state index in [1.165, 1.54) is 5.56 Å². The molecule has 2 heterocycles. The van der Waals surface area contributed by atoms with Crippen LogP contribution in [0.1, 0.15) is 59.9 Å². The highest BCUT2D eigenvalue weighted by atomic mass is 16.2. The normalized spacial score (nSPS) is 17.4. The van der Waals surface area contributed by atoms with Crippen molar-refractivity contribution in [2.75, 3.05) is 13.1 Å². The van der Waals surface area contributed by atoms with E-state index >= 15 is 0 Å². The Bertz CT molecular complexity index is 861. The number of aryl methyl sites for hydroxylation is 1. The van der Waals surface area contributed by atoms with Gasteiger partial charge in [-0.3, -0.25) is 14.7 Å². The van der Waals surface area contributed by atoms with Gasteiger partial charge in [0.25, 0.3) is 5.91 Å². The fraction of sp³-hybridized carbons (Fsp3) is 0.522. The Kier molecular flexibility index (Phi) is 5.69. The highest BCUT2D eigenvalue weighted by molar-refractivity contribution is 5.92. The van der Waals surface area contributed by atoms with Gasteiger partial charge in [0.15, 0.2) is 0 Å². The van der Waals surface area contributed by atoms with Gasteiger partial charge in [-0.05, 0) is 62.1 Å². The number of amides is 2. The third-order valence-corrected chi connectivity index (χ3v) is 6.13. The molecule has 0 atom stereocenters. The van der Waals surface area contributed by atoms with Gasteiger partial charge in [0, 0.05) is 38.3 Å². The summed E-state index contributed by atoms with van der Waals surface area (Å²) in [6.45, 7) is 5.95. The maximum Gasteiger partial charge on any atom is 0.274 e. The average Bonchev–Trinajstić information content (AvgIpc) is 3.47. The number of carbonyl (C=O) groups is 2. The number of benzene rings is 1. The third-order valence-electron chi connectivity index (χ3n) is 6.13. The Morgan fingerprint density at radius 1 is 1.10 bits per heavy atom. The van der Waals surface area contributed by atoms with E-state index in [-0.39, 0.29) is 11.8 Å². The van der Waals surface area contributed by atoms with Gasteiger partial charge in [0.1, 0.15) is 5.69 Å². The molecule has 6 nitrogen and oxygen atoms in total. The second kappa shape index (κ2) is 8.39. The number of likely N-dealkylation sites (tertiary alicyclic amines) is 1. The van der Waals surface area contributed by atoms with Gasteiger partial charge in [-0.25, -0.2) is 0 Å². The lowest BCUT2D eigenvalue weighted by Crippen LogP contribution is -2.37. The van der Waals surface area contributed by atoms with Crippen molar-refractivity contribution in [3.63, 3.8) is 0 Å². The fourth-order valence-electron chi connectivity index (χ4n) is 4.19. The van der Waals surface area contributed by atoms with Crippen LogP contribution in [0.3, 0.4) is 0 Å². The lowest BCUT2D eigenvalue weighted by atomic mass is 9.90. The number of aromatic nitrogens is 2. The molecule has 0 bridgehead atoms. The largest absolute Gasteiger partial charge is 0.343 e. The van der Waals surface area contributed by atoms with Crippen LogP contribution in [-0.4, -0.2) is 50.9 Å². The van der Waals surface area contributed by atoms with Gasteiger partial charge in [-0.2, -0.15) is 5.10 Å². The second-order valence-corrected chi connectivity index (χ2v) is 8.57. The lowest BCUT2D eigenvalue weighted by Gasteiger charge is -2.31. The molecule has 1 saturated carbocycles. The first-order valence-electron chi connectivity index (χ1n) is 10.7. The van der Waals surface area contributed by atoms with Gasteiger partial charge >= 0.3 is 0 Å². The molecule has 2 fully saturated rings. The SMILES string of the molecule is CC(=O)N1CCC(Cc2ccc(CN(C(=O)c3cc(C)[nH]n3)C3CC3)cc2)CC1. The van der Waals surface area contributed by atoms with Gasteiger partial charge in [-0.15, -0.1) is 0 Å². The number of carbonyl (C=O) groups excluding carboxylic acids is 2. The van der Waals surface area contributed by atoms with Gasteiger partial charge < -0.3 is 9.80 Å². The zero-order valence-corrected chi connectivity index (χ0v) is 17.4. The van der Waals surface area contributed by atoms with Crippen molar-refractivity contribution < 1.29 is 9.59 Å². The first-order chi connectivity index (χ1) is 14.0. The molecule has 2 aromatic rings. The van der Waals surface area contributed by atoms with Crippen LogP contribution in [0.5, 0.6) is 0 Å². The monoisotopic (exact) mass is 394 g/mol. The predicted molar refractivity (Wildman–Crippen MR) is 111 cm³/mol. The second-order valence-electron chi connectivity index (χ2n) is 8.57. The quantitative estimate of drug-likeness (QED) is 0.817. The Hall–Kier alpha value is -2.63. The molecule has 0 radical (unpaired) electrons. The van der Waals surface area contributed by atoms with Crippen molar-refractivity contribution in [1.29, 1.82) is 0 Å². The summed E-state index contributed by atoms with van der Waals surface area (Å²) in [5.41, 5.74) is 3.90. The minimum Gasteiger partial charge on any atom is -0.343 e. The number of nitrogens with one attached hydrogen (secondary N) is 1. The zero-order valence-electron chi connectivity index (χ0n) is 17.4. The van der Waals surface area contributed by atoms with Crippen LogP contribution >= 0.6 is 0 Å². The van der Waals surface area contributed by atoms with Gasteiger partial charge in [0.2, 0.25) is 5.91 Å². The first kappa shape index (κ1) is 19.7. The molecule has 1 aliphatic carbocycles. The molecule has 1 aromatic heterocycles. The number of H-pyrrole nitrogens is 1. The summed E-state index contributed by atoms with van der Waals surface area (Å²) < 4.78 is 0. The molecule has 1 saturated heterocycles. The van der Waals surface area contributed by atoms with Crippen molar-refractivity contribution >= 4 is 11.8 Å². The van der Waals surface area contributed by atoms with E-state index in [4.69, 9.17) is 0 Å². The van der Waals surface area contributed by atoms with Crippen LogP contribution in [0.4, 0.5) is 0 Å². The number of hydrogen-bond donors (Lipinski definition) is 1. The van der Waals surface area contributed by atoms with Gasteiger partial charge in [-0.1, -0.05) is 24.3 Å². The summed E-state index contributed by atoms with van der Waals surface area (Å²) >= 11 is 0. The number of hydrogen-bond acceptors (Lipinski definition) is 3. The average molecular weight is 395 g/mol. The molecule has 0 spiro atoms. The zero-order chi connectivity index (χ0) is 20.4. The summed E-state index contributed by atoms with van der Waals surface area (Å²) in [5.74, 6) is 0.842. The molecule has 2 amide bonds. The number of rotatable bonds is 6. The van der Waals surface area contributed by atoms with Crippen molar-refractivity contribution in [3.8, 4) is 0 Å². The summed E-state index contributed by atoms with van der Waals surface area (Å²) in [4.78, 5) is 28.2. The van der Waals surface area contributed by atoms with E-state index in [2.05, 4.69) is 34.5 Å². The molecular weight excluding hydrogens is 364 g/mol. The topological polar surface area (TPSA) is 69.3 Å². The highest BCUT2D eigenvalue weighted by Crippen LogP contribution is 2.30. The molecular formula is C23H30N4O2. The lowest BCUT2D eigenvalue weighted by molar-refractivity contribution is -0.130. The Morgan fingerprint density at radius 3 is 2.31 bits per heavy atom. The number of piperidine rings is 1. The van der Waals surface area contributed by atoms with Crippen molar-refractivity contribution in [2.45, 2.75) is 58.5 Å². The molecule has 0 unspecified atom stereocenters. The molecule has 1 aliphatic heterocycles. The number of nitrogens with zero attached hydrogens (tertiary/aromatic N) is 3. The summed E-state index contributed by atoms with van der Waals surface area (Å²) in [6.07, 6.45) is 5.37. The molecule has 1 N–H and O–H groups in total. The summed E-state index contributed by atoms with van der Waals surface area (Å²) in [5, 5.41) is 7.01. The third kappa shape index (κ3) is 4.86. The van der Waals surface area contributed by atoms with Crippen LogP contribution in [-0.2, 0) is 17.8 Å². The predicted octanol–water partition coefficient (Wildman–Crippen LogP) is 3.32. The van der Waals surface area contributed by atoms with Crippen LogP contribution in [0.2, 0.25) is 0 Å².